The average molecular weight is 992 g/mol. The number of hydrogen-bond donors (Lipinski definition) is 8. The molecule has 4 rings (SSSR count). The molecule has 0 aromatic carbocycles. The zero-order chi connectivity index (χ0) is 52.4. The Balaban J connectivity index is 1.52. The van der Waals surface area contributed by atoms with Gasteiger partial charge in [-0.15, -0.1) is 0 Å². The van der Waals surface area contributed by atoms with Crippen LogP contribution in [0.2, 0.25) is 0 Å². The Morgan fingerprint density at radius 3 is 1.08 bits per heavy atom. The van der Waals surface area contributed by atoms with Crippen LogP contribution in [-0.4, -0.2) is 168 Å². The number of nitrogens with one attached hydrogen (secondary N) is 3. The zero-order valence-electron chi connectivity index (χ0n) is 40.5. The Labute approximate surface area is 408 Å². The smallest absolute Gasteiger partial charge is 0.293 e. The molecule has 0 atom stereocenters. The third kappa shape index (κ3) is 16.1. The molecule has 4 heterocycles. The second-order valence-electron chi connectivity index (χ2n) is 17.0. The molecule has 386 valence electrons. The van der Waals surface area contributed by atoms with E-state index in [4.69, 9.17) is 5.73 Å². The third-order valence-corrected chi connectivity index (χ3v) is 11.8. The van der Waals surface area contributed by atoms with Gasteiger partial charge >= 0.3 is 0 Å². The number of ketones is 2. The highest BCUT2D eigenvalue weighted by atomic mass is 16.3. The lowest BCUT2D eigenvalue weighted by Gasteiger charge is -2.30. The molecule has 3 amide bonds. The van der Waals surface area contributed by atoms with Gasteiger partial charge in [-0.2, -0.15) is 0 Å². The molecule has 0 aliphatic rings. The van der Waals surface area contributed by atoms with Crippen LogP contribution in [0.4, 0.5) is 0 Å². The first-order chi connectivity index (χ1) is 33.7. The normalized spacial score (nSPS) is 11.3. The lowest BCUT2D eigenvalue weighted by Crippen LogP contribution is -2.45. The van der Waals surface area contributed by atoms with Crippen LogP contribution in [0.3, 0.4) is 0 Å². The van der Waals surface area contributed by atoms with Crippen molar-refractivity contribution in [2.75, 3.05) is 85.1 Å². The van der Waals surface area contributed by atoms with E-state index in [0.717, 1.165) is 18.3 Å². The Hall–Kier alpha value is -7.41. The van der Waals surface area contributed by atoms with Gasteiger partial charge in [0.2, 0.25) is 5.91 Å². The van der Waals surface area contributed by atoms with Crippen LogP contribution in [0.15, 0.2) is 68.2 Å². The minimum Gasteiger partial charge on any atom is -0.503 e. The number of hydrogen-bond acceptors (Lipinski definition) is 17. The number of nitrogens with zero attached hydrogens (tertiary/aromatic N) is 7. The van der Waals surface area contributed by atoms with Crippen molar-refractivity contribution in [2.24, 2.45) is 33.9 Å². The summed E-state index contributed by atoms with van der Waals surface area (Å²) < 4.78 is 4.55. The maximum Gasteiger partial charge on any atom is 0.293 e. The highest BCUT2D eigenvalue weighted by molar-refractivity contribution is 5.99. The predicted octanol–water partition coefficient (Wildman–Crippen LogP) is -1.84. The van der Waals surface area contributed by atoms with Crippen LogP contribution in [0.25, 0.3) is 0 Å². The summed E-state index contributed by atoms with van der Waals surface area (Å²) >= 11 is 0. The summed E-state index contributed by atoms with van der Waals surface area (Å²) in [6.45, 7) is 3.50. The monoisotopic (exact) mass is 991 g/mol. The number of rotatable bonds is 29. The Bertz CT molecular complexity index is 2440. The molecule has 4 aromatic heterocycles. The number of pyridine rings is 4. The topological polar surface area (TPSA) is 326 Å². The van der Waals surface area contributed by atoms with E-state index in [9.17, 15) is 63.6 Å². The maximum absolute atomic E-state index is 13.2. The van der Waals surface area contributed by atoms with Crippen molar-refractivity contribution < 1.29 is 44.4 Å². The molecule has 24 heteroatoms. The van der Waals surface area contributed by atoms with Crippen molar-refractivity contribution in [3.8, 4) is 23.0 Å². The molecule has 71 heavy (non-hydrogen) atoms. The van der Waals surface area contributed by atoms with E-state index in [1.165, 1.54) is 77.2 Å². The van der Waals surface area contributed by atoms with Crippen LogP contribution in [0.5, 0.6) is 23.0 Å². The number of nitrogens with two attached hydrogens (primary N) is 1. The van der Waals surface area contributed by atoms with E-state index >= 15 is 0 Å². The Morgan fingerprint density at radius 1 is 0.451 bits per heavy atom. The van der Waals surface area contributed by atoms with E-state index < -0.39 is 68.6 Å². The molecular formula is C47H65N11O13. The summed E-state index contributed by atoms with van der Waals surface area (Å²) in [5.74, 6) is -5.21. The number of aromatic nitrogens is 4. The predicted molar refractivity (Wildman–Crippen MR) is 261 cm³/mol. The van der Waals surface area contributed by atoms with Gasteiger partial charge in [0, 0.05) is 144 Å². The average Bonchev–Trinajstić information content (AvgIpc) is 3.33. The van der Waals surface area contributed by atoms with Gasteiger partial charge < -0.3 is 70.2 Å². The first-order valence-electron chi connectivity index (χ1n) is 23.1. The van der Waals surface area contributed by atoms with E-state index in [0.29, 0.717) is 45.8 Å². The number of carbonyl (C=O) groups excluding carboxylic acids is 5. The van der Waals surface area contributed by atoms with E-state index in [-0.39, 0.29) is 99.5 Å². The number of amides is 3. The quantitative estimate of drug-likeness (QED) is 0.0277. The summed E-state index contributed by atoms with van der Waals surface area (Å²) in [6.07, 6.45) is 6.10. The zero-order valence-corrected chi connectivity index (χ0v) is 40.5. The van der Waals surface area contributed by atoms with Gasteiger partial charge in [0.25, 0.3) is 34.1 Å². The summed E-state index contributed by atoms with van der Waals surface area (Å²) in [5.41, 5.74) is 2.04. The summed E-state index contributed by atoms with van der Waals surface area (Å²) in [6, 6.07) is 5.37. The molecule has 0 aliphatic carbocycles. The van der Waals surface area contributed by atoms with Crippen molar-refractivity contribution in [2.45, 2.75) is 32.1 Å². The van der Waals surface area contributed by atoms with Gasteiger partial charge in [-0.1, -0.05) is 0 Å². The minimum atomic E-state index is -0.747. The first-order valence-corrected chi connectivity index (χ1v) is 23.1. The number of aryl methyl sites for hydroxylation is 4. The van der Waals surface area contributed by atoms with Crippen LogP contribution < -0.4 is 43.9 Å². The molecule has 0 saturated heterocycles. The number of aromatic hydroxyl groups is 4. The van der Waals surface area contributed by atoms with Crippen molar-refractivity contribution in [3.05, 3.63) is 113 Å². The molecule has 0 aliphatic heterocycles. The fraction of sp³-hybridized carbons (Fsp3) is 0.468. The third-order valence-electron chi connectivity index (χ3n) is 11.8. The Morgan fingerprint density at radius 2 is 0.746 bits per heavy atom. The molecular weight excluding hydrogens is 927 g/mol. The number of carbonyl (C=O) groups is 5. The summed E-state index contributed by atoms with van der Waals surface area (Å²) in [7, 11) is 5.75. The second kappa shape index (κ2) is 27.1. The van der Waals surface area contributed by atoms with E-state index in [1.807, 2.05) is 9.80 Å². The van der Waals surface area contributed by atoms with Crippen molar-refractivity contribution in [3.63, 3.8) is 0 Å². The summed E-state index contributed by atoms with van der Waals surface area (Å²) in [4.78, 5) is 120. The minimum absolute atomic E-state index is 0.0310. The lowest BCUT2D eigenvalue weighted by molar-refractivity contribution is -0.120. The summed E-state index contributed by atoms with van der Waals surface area (Å²) in [5, 5.41) is 49.7. The number of Topliss-reactive ketones (excluding diaryl/α,β-unsaturated/α-hetero) is 2. The van der Waals surface area contributed by atoms with Crippen LogP contribution >= 0.6 is 0 Å². The van der Waals surface area contributed by atoms with Crippen molar-refractivity contribution in [1.82, 2.24) is 48.9 Å². The van der Waals surface area contributed by atoms with Crippen molar-refractivity contribution in [1.29, 1.82) is 0 Å². The molecule has 0 saturated carbocycles. The molecule has 0 bridgehead atoms. The fourth-order valence-electron chi connectivity index (χ4n) is 7.46. The van der Waals surface area contributed by atoms with E-state index in [1.54, 1.807) is 0 Å². The first kappa shape index (κ1) is 56.2. The molecule has 0 radical (unpaired) electrons. The molecule has 9 N–H and O–H groups in total. The van der Waals surface area contributed by atoms with Gasteiger partial charge in [0.1, 0.15) is 0 Å². The fourth-order valence-corrected chi connectivity index (χ4v) is 7.46. The Kier molecular flexibility index (Phi) is 21.4. The largest absolute Gasteiger partial charge is 0.503 e. The lowest BCUT2D eigenvalue weighted by atomic mass is 10.1. The van der Waals surface area contributed by atoms with Gasteiger partial charge in [-0.3, -0.25) is 48.1 Å². The van der Waals surface area contributed by atoms with Gasteiger partial charge in [0.05, 0.1) is 22.3 Å². The van der Waals surface area contributed by atoms with E-state index in [2.05, 4.69) is 20.9 Å². The molecule has 0 spiro atoms. The molecule has 0 unspecified atom stereocenters. The van der Waals surface area contributed by atoms with Crippen LogP contribution in [0.1, 0.15) is 73.5 Å². The highest BCUT2D eigenvalue weighted by Gasteiger charge is 2.21. The molecule has 0 fully saturated rings. The second-order valence-corrected chi connectivity index (χ2v) is 17.0. The van der Waals surface area contributed by atoms with Gasteiger partial charge in [-0.05, 0) is 50.2 Å². The molecule has 4 aromatic rings. The van der Waals surface area contributed by atoms with Crippen LogP contribution in [-0.2, 0) is 33.0 Å². The van der Waals surface area contributed by atoms with Crippen molar-refractivity contribution >= 4 is 29.3 Å². The van der Waals surface area contributed by atoms with Gasteiger partial charge in [-0.25, -0.2) is 0 Å². The standard InChI is InChI=1S/C47H65N11O13/c1-52-20-10-31(38(62)44(52)68)35(59)7-5-18-56(25-16-50-42(66)33-12-22-54(3)46(70)40(33)64)27-29-58(24-15-49-37(61)9-14-48)30-28-57(19-6-8-36(60)32-11-21-53(2)45(69)39(32)63)26-17-51-43(67)34-13-23-55(4)47(71)41(34)65/h10-13,20-23,62-65H,5-9,14-19,24-30,48H2,1-4H3,(H,49,61)(H,50,66)(H,51,67). The molecule has 24 nitrogen and oxygen atoms in total. The highest BCUT2D eigenvalue weighted by Crippen LogP contribution is 2.16. The maximum atomic E-state index is 13.2. The van der Waals surface area contributed by atoms with Crippen LogP contribution in [0, 0.1) is 0 Å². The van der Waals surface area contributed by atoms with Gasteiger partial charge in [0.15, 0.2) is 34.6 Å². The SMILES string of the molecule is Cn1ccc(C(=O)CCCN(CCNC(=O)c2ccn(C)c(=O)c2O)CCN(CCNC(=O)CCN)CCN(CCCC(=O)c2ccn(C)c(=O)c2O)CCNC(=O)c2ccn(C)c(=O)c2O)c(O)c1=O.